The van der Waals surface area contributed by atoms with Crippen molar-refractivity contribution in [2.45, 2.75) is 0 Å². The largest absolute Gasteiger partial charge is 0.465 e. The first kappa shape index (κ1) is 11.5. The van der Waals surface area contributed by atoms with Crippen molar-refractivity contribution in [3.05, 3.63) is 31.3 Å². The van der Waals surface area contributed by atoms with Crippen molar-refractivity contribution in [3.63, 3.8) is 0 Å². The van der Waals surface area contributed by atoms with Crippen molar-refractivity contribution in [1.82, 2.24) is 0 Å². The first-order valence-corrected chi connectivity index (χ1v) is 5.44. The van der Waals surface area contributed by atoms with Gasteiger partial charge in [0.05, 0.1) is 24.3 Å². The summed E-state index contributed by atoms with van der Waals surface area (Å²) in [4.78, 5) is 11.3. The van der Waals surface area contributed by atoms with Crippen LogP contribution in [0.2, 0.25) is 0 Å². The van der Waals surface area contributed by atoms with E-state index in [2.05, 4.69) is 20.7 Å². The zero-order valence-corrected chi connectivity index (χ0v) is 10.9. The molecule has 0 saturated carbocycles. The van der Waals surface area contributed by atoms with Crippen LogP contribution in [0.3, 0.4) is 0 Å². The first-order valence-electron chi connectivity index (χ1n) is 3.57. The van der Waals surface area contributed by atoms with Crippen LogP contribution in [-0.2, 0) is 4.74 Å². The molecule has 0 fully saturated rings. The molecule has 1 aromatic carbocycles. The molecule has 3 nitrogen and oxygen atoms in total. The Bertz CT molecular complexity index is 402. The predicted molar refractivity (Wildman–Crippen MR) is 62.9 cm³/mol. The number of methoxy groups -OCH3 is 1. The highest BCUT2D eigenvalue weighted by Gasteiger charge is 2.15. The van der Waals surface area contributed by atoms with Crippen LogP contribution in [0.15, 0.2) is 16.6 Å². The Morgan fingerprint density at radius 3 is 2.71 bits per heavy atom. The molecule has 72 valence electrons. The van der Waals surface area contributed by atoms with Crippen LogP contribution in [0.25, 0.3) is 0 Å². The standard InChI is InChI=1S/C9H5BrINO2/c1-14-9(13)8-6(10)2-5(4-12)3-7(8)11/h2-3H,1H3. The van der Waals surface area contributed by atoms with Gasteiger partial charge >= 0.3 is 5.97 Å². The molecule has 0 aliphatic heterocycles. The molecule has 0 N–H and O–H groups in total. The minimum Gasteiger partial charge on any atom is -0.465 e. The number of carbonyl (C=O) groups is 1. The molecule has 0 radical (unpaired) electrons. The van der Waals surface area contributed by atoms with Gasteiger partial charge in [0, 0.05) is 8.04 Å². The van der Waals surface area contributed by atoms with E-state index in [1.54, 1.807) is 12.1 Å². The fourth-order valence-electron chi connectivity index (χ4n) is 0.935. The van der Waals surface area contributed by atoms with E-state index < -0.39 is 5.97 Å². The van der Waals surface area contributed by atoms with Crippen LogP contribution in [0, 0.1) is 14.9 Å². The molecule has 0 saturated heterocycles. The van der Waals surface area contributed by atoms with Gasteiger partial charge in [0.2, 0.25) is 0 Å². The molecule has 0 bridgehead atoms. The van der Waals surface area contributed by atoms with Crippen LogP contribution in [0.4, 0.5) is 0 Å². The van der Waals surface area contributed by atoms with Gasteiger partial charge in [0.25, 0.3) is 0 Å². The SMILES string of the molecule is COC(=O)c1c(Br)cc(C#N)cc1I. The van der Waals surface area contributed by atoms with Crippen LogP contribution < -0.4 is 0 Å². The third kappa shape index (κ3) is 2.25. The fraction of sp³-hybridized carbons (Fsp3) is 0.111. The highest BCUT2D eigenvalue weighted by molar-refractivity contribution is 14.1. The zero-order chi connectivity index (χ0) is 10.7. The summed E-state index contributed by atoms with van der Waals surface area (Å²) >= 11 is 5.22. The van der Waals surface area contributed by atoms with Gasteiger partial charge < -0.3 is 4.74 Å². The minimum atomic E-state index is -0.411. The van der Waals surface area contributed by atoms with Crippen molar-refractivity contribution in [2.75, 3.05) is 7.11 Å². The second-order valence-electron chi connectivity index (χ2n) is 2.42. The summed E-state index contributed by atoms with van der Waals surface area (Å²) in [5, 5.41) is 8.68. The van der Waals surface area contributed by atoms with E-state index in [1.807, 2.05) is 28.7 Å². The summed E-state index contributed by atoms with van der Waals surface area (Å²) in [7, 11) is 1.32. The number of rotatable bonds is 1. The molecule has 0 aromatic heterocycles. The first-order chi connectivity index (χ1) is 6.60. The second kappa shape index (κ2) is 4.75. The Morgan fingerprint density at radius 2 is 2.29 bits per heavy atom. The lowest BCUT2D eigenvalue weighted by Gasteiger charge is -2.05. The van der Waals surface area contributed by atoms with Gasteiger partial charge in [0.1, 0.15) is 0 Å². The lowest BCUT2D eigenvalue weighted by atomic mass is 10.1. The van der Waals surface area contributed by atoms with Crippen molar-refractivity contribution in [2.24, 2.45) is 0 Å². The molecule has 0 heterocycles. The molecule has 0 aliphatic carbocycles. The molecular weight excluding hydrogens is 361 g/mol. The smallest absolute Gasteiger partial charge is 0.340 e. The average molecular weight is 366 g/mol. The Balaban J connectivity index is 3.34. The van der Waals surface area contributed by atoms with E-state index >= 15 is 0 Å². The maximum Gasteiger partial charge on any atom is 0.340 e. The summed E-state index contributed by atoms with van der Waals surface area (Å²) in [5.41, 5.74) is 0.959. The normalized spacial score (nSPS) is 9.29. The van der Waals surface area contributed by atoms with Crippen molar-refractivity contribution >= 4 is 44.5 Å². The number of ether oxygens (including phenoxy) is 1. The summed E-state index contributed by atoms with van der Waals surface area (Å²) in [6.45, 7) is 0. The monoisotopic (exact) mass is 365 g/mol. The van der Waals surface area contributed by atoms with E-state index in [4.69, 9.17) is 5.26 Å². The predicted octanol–water partition coefficient (Wildman–Crippen LogP) is 2.71. The van der Waals surface area contributed by atoms with Crippen molar-refractivity contribution < 1.29 is 9.53 Å². The number of nitrogens with zero attached hydrogens (tertiary/aromatic N) is 1. The third-order valence-electron chi connectivity index (χ3n) is 1.56. The number of hydrogen-bond acceptors (Lipinski definition) is 3. The molecule has 14 heavy (non-hydrogen) atoms. The second-order valence-corrected chi connectivity index (χ2v) is 4.43. The number of halogens is 2. The molecule has 0 amide bonds. The Hall–Kier alpha value is -0.610. The zero-order valence-electron chi connectivity index (χ0n) is 7.17. The lowest BCUT2D eigenvalue weighted by Crippen LogP contribution is -2.05. The van der Waals surface area contributed by atoms with Gasteiger partial charge in [-0.3, -0.25) is 0 Å². The van der Waals surface area contributed by atoms with Gasteiger partial charge in [-0.25, -0.2) is 4.79 Å². The van der Waals surface area contributed by atoms with Crippen LogP contribution in [-0.4, -0.2) is 13.1 Å². The highest BCUT2D eigenvalue weighted by Crippen LogP contribution is 2.24. The van der Waals surface area contributed by atoms with Crippen molar-refractivity contribution in [1.29, 1.82) is 5.26 Å². The third-order valence-corrected chi connectivity index (χ3v) is 3.04. The van der Waals surface area contributed by atoms with Gasteiger partial charge in [0.15, 0.2) is 0 Å². The molecule has 1 aromatic rings. The quantitative estimate of drug-likeness (QED) is 0.568. The summed E-state index contributed by atoms with van der Waals surface area (Å²) < 4.78 is 5.89. The summed E-state index contributed by atoms with van der Waals surface area (Å²) in [5.74, 6) is -0.411. The van der Waals surface area contributed by atoms with Crippen LogP contribution in [0.1, 0.15) is 15.9 Å². The molecule has 0 unspecified atom stereocenters. The topological polar surface area (TPSA) is 50.1 Å². The van der Waals surface area contributed by atoms with Crippen LogP contribution >= 0.6 is 38.5 Å². The summed E-state index contributed by atoms with van der Waals surface area (Å²) in [6.07, 6.45) is 0. The van der Waals surface area contributed by atoms with E-state index in [0.29, 0.717) is 19.2 Å². The summed E-state index contributed by atoms with van der Waals surface area (Å²) in [6, 6.07) is 5.23. The van der Waals surface area contributed by atoms with Gasteiger partial charge in [-0.05, 0) is 50.7 Å². The van der Waals surface area contributed by atoms with E-state index in [-0.39, 0.29) is 0 Å². The van der Waals surface area contributed by atoms with E-state index in [1.165, 1.54) is 7.11 Å². The number of carbonyl (C=O) groups excluding carboxylic acids is 1. The highest BCUT2D eigenvalue weighted by atomic mass is 127. The Labute approximate surface area is 103 Å². The molecule has 0 aliphatic rings. The maximum absolute atomic E-state index is 11.3. The van der Waals surface area contributed by atoms with E-state index in [9.17, 15) is 4.79 Å². The number of benzene rings is 1. The molecule has 0 atom stereocenters. The Morgan fingerprint density at radius 1 is 1.64 bits per heavy atom. The van der Waals surface area contributed by atoms with Gasteiger partial charge in [-0.1, -0.05) is 0 Å². The minimum absolute atomic E-state index is 0.411. The van der Waals surface area contributed by atoms with Crippen molar-refractivity contribution in [3.8, 4) is 6.07 Å². The average Bonchev–Trinajstić information content (AvgIpc) is 2.16. The Kier molecular flexibility index (Phi) is 3.89. The number of esters is 1. The molecule has 5 heteroatoms. The molecule has 1 rings (SSSR count). The van der Waals surface area contributed by atoms with Gasteiger partial charge in [-0.2, -0.15) is 5.26 Å². The molecule has 0 spiro atoms. The number of nitriles is 1. The van der Waals surface area contributed by atoms with E-state index in [0.717, 1.165) is 0 Å². The maximum atomic E-state index is 11.3. The fourth-order valence-corrected chi connectivity index (χ4v) is 2.77. The van der Waals surface area contributed by atoms with Crippen LogP contribution in [0.5, 0.6) is 0 Å². The molecular formula is C9H5BrINO2. The number of hydrogen-bond donors (Lipinski definition) is 0. The van der Waals surface area contributed by atoms with Gasteiger partial charge in [-0.15, -0.1) is 0 Å². The lowest BCUT2D eigenvalue weighted by molar-refractivity contribution is 0.0598.